The van der Waals surface area contributed by atoms with Gasteiger partial charge in [-0.2, -0.15) is 0 Å². The summed E-state index contributed by atoms with van der Waals surface area (Å²) in [5.41, 5.74) is -1.01. The number of nitrogens with one attached hydrogen (secondary N) is 1. The topological polar surface area (TPSA) is 77.9 Å². The Hall–Kier alpha value is -1.90. The first kappa shape index (κ1) is 20.4. The van der Waals surface area contributed by atoms with E-state index in [4.69, 9.17) is 0 Å². The molecule has 0 amide bonds. The molecule has 1 aromatic carbocycles. The average molecular weight is 381 g/mol. The molecule has 0 bridgehead atoms. The monoisotopic (exact) mass is 381 g/mol. The third-order valence-corrected chi connectivity index (χ3v) is 5.54. The van der Waals surface area contributed by atoms with Crippen LogP contribution in [0, 0.1) is 11.6 Å². The molecule has 0 spiro atoms. The summed E-state index contributed by atoms with van der Waals surface area (Å²) in [6, 6.07) is 3.10. The smallest absolute Gasteiger partial charge is 0.168 e. The summed E-state index contributed by atoms with van der Waals surface area (Å²) in [5, 5.41) is 0. The third kappa shape index (κ3) is 4.84. The van der Waals surface area contributed by atoms with E-state index in [1.165, 1.54) is 24.8 Å². The molecule has 26 heavy (non-hydrogen) atoms. The maximum Gasteiger partial charge on any atom is 0.168 e. The van der Waals surface area contributed by atoms with Gasteiger partial charge in [-0.3, -0.25) is 4.79 Å². The molecular formula is C18H21F2N3O2S. The van der Waals surface area contributed by atoms with E-state index in [1.54, 1.807) is 27.7 Å². The lowest BCUT2D eigenvalue weighted by atomic mass is 9.86. The van der Waals surface area contributed by atoms with Crippen LogP contribution < -0.4 is 4.72 Å². The van der Waals surface area contributed by atoms with Crippen LogP contribution in [0.25, 0.3) is 0 Å². The van der Waals surface area contributed by atoms with Crippen LogP contribution in [0.15, 0.2) is 36.9 Å². The quantitative estimate of drug-likeness (QED) is 0.614. The molecule has 1 unspecified atom stereocenters. The molecule has 2 rings (SSSR count). The van der Waals surface area contributed by atoms with E-state index in [2.05, 4.69) is 14.7 Å². The molecule has 1 aromatic heterocycles. The molecule has 140 valence electrons. The molecule has 0 radical (unpaired) electrons. The minimum absolute atomic E-state index is 0.0571. The van der Waals surface area contributed by atoms with Gasteiger partial charge in [0.1, 0.15) is 22.7 Å². The van der Waals surface area contributed by atoms with E-state index in [-0.39, 0.29) is 23.3 Å². The predicted octanol–water partition coefficient (Wildman–Crippen LogP) is 3.29. The van der Waals surface area contributed by atoms with E-state index in [1.807, 2.05) is 0 Å². The van der Waals surface area contributed by atoms with E-state index < -0.39 is 33.3 Å². The molecule has 2 atom stereocenters. The SMILES string of the molecule is CC(C)(C)[S+]([O-])N[C@@](C)(CC(=O)c1cncnc1)c1ccc(F)cc1F. The summed E-state index contributed by atoms with van der Waals surface area (Å²) in [7, 11) is 0. The molecule has 0 saturated heterocycles. The number of carbonyl (C=O) groups is 1. The highest BCUT2D eigenvalue weighted by Crippen LogP contribution is 2.32. The van der Waals surface area contributed by atoms with Gasteiger partial charge in [0.05, 0.1) is 11.1 Å². The number of carbonyl (C=O) groups excluding carboxylic acids is 1. The highest BCUT2D eigenvalue weighted by Gasteiger charge is 2.40. The molecule has 1 N–H and O–H groups in total. The van der Waals surface area contributed by atoms with Crippen molar-refractivity contribution in [3.8, 4) is 0 Å². The fourth-order valence-electron chi connectivity index (χ4n) is 2.35. The first-order chi connectivity index (χ1) is 12.0. The second-order valence-corrected chi connectivity index (χ2v) is 9.13. The molecule has 0 aliphatic rings. The molecule has 1 heterocycles. The Bertz CT molecular complexity index is 784. The number of aromatic nitrogens is 2. The normalized spacial score (nSPS) is 15.3. The van der Waals surface area contributed by atoms with Crippen molar-refractivity contribution >= 4 is 17.1 Å². The van der Waals surface area contributed by atoms with Crippen LogP contribution in [0.1, 0.15) is 50.0 Å². The van der Waals surface area contributed by atoms with Crippen molar-refractivity contribution in [1.82, 2.24) is 14.7 Å². The lowest BCUT2D eigenvalue weighted by Gasteiger charge is -2.35. The Morgan fingerprint density at radius 3 is 2.35 bits per heavy atom. The Labute approximate surface area is 154 Å². The van der Waals surface area contributed by atoms with Crippen LogP contribution in [-0.2, 0) is 16.9 Å². The first-order valence-corrected chi connectivity index (χ1v) is 9.11. The van der Waals surface area contributed by atoms with Crippen LogP contribution >= 0.6 is 0 Å². The van der Waals surface area contributed by atoms with Crippen molar-refractivity contribution in [1.29, 1.82) is 0 Å². The zero-order valence-electron chi connectivity index (χ0n) is 15.0. The van der Waals surface area contributed by atoms with E-state index >= 15 is 0 Å². The molecule has 8 heteroatoms. The van der Waals surface area contributed by atoms with Crippen molar-refractivity contribution in [3.05, 3.63) is 59.7 Å². The summed E-state index contributed by atoms with van der Waals surface area (Å²) >= 11 is -1.59. The van der Waals surface area contributed by atoms with Gasteiger partial charge >= 0.3 is 0 Å². The largest absolute Gasteiger partial charge is 0.598 e. The zero-order chi connectivity index (χ0) is 19.5. The van der Waals surface area contributed by atoms with Crippen molar-refractivity contribution in [2.24, 2.45) is 0 Å². The van der Waals surface area contributed by atoms with Gasteiger partial charge < -0.3 is 4.55 Å². The zero-order valence-corrected chi connectivity index (χ0v) is 15.9. The van der Waals surface area contributed by atoms with Gasteiger partial charge in [-0.15, -0.1) is 4.72 Å². The Kier molecular flexibility index (Phi) is 6.10. The Morgan fingerprint density at radius 1 is 1.19 bits per heavy atom. The summed E-state index contributed by atoms with van der Waals surface area (Å²) in [4.78, 5) is 20.2. The van der Waals surface area contributed by atoms with Crippen molar-refractivity contribution in [2.45, 2.75) is 44.4 Å². The maximum atomic E-state index is 14.4. The van der Waals surface area contributed by atoms with Gasteiger partial charge in [0, 0.05) is 41.8 Å². The number of hydrogen-bond donors (Lipinski definition) is 1. The van der Waals surface area contributed by atoms with Gasteiger partial charge in [0.25, 0.3) is 0 Å². The Balaban J connectivity index is 2.42. The number of nitrogens with zero attached hydrogens (tertiary/aromatic N) is 2. The number of rotatable bonds is 6. The second kappa shape index (κ2) is 7.77. The standard InChI is InChI=1S/C18H21F2N3O2S/c1-17(2,3)26(25)23-18(4,14-6-5-13(19)7-15(14)20)8-16(24)12-9-21-11-22-10-12/h5-7,9-11,23H,8H2,1-4H3/t18-,26?/m0/s1. The van der Waals surface area contributed by atoms with Crippen LogP contribution in [0.4, 0.5) is 8.78 Å². The molecule has 2 aromatic rings. The van der Waals surface area contributed by atoms with Crippen LogP contribution in [0.2, 0.25) is 0 Å². The van der Waals surface area contributed by atoms with Gasteiger partial charge in [0.2, 0.25) is 0 Å². The number of halogens is 2. The molecule has 0 saturated carbocycles. The highest BCUT2D eigenvalue weighted by atomic mass is 32.2. The van der Waals surface area contributed by atoms with Gasteiger partial charge in [0.15, 0.2) is 5.78 Å². The lowest BCUT2D eigenvalue weighted by Crippen LogP contribution is -2.51. The number of benzene rings is 1. The number of hydrogen-bond acceptors (Lipinski definition) is 5. The van der Waals surface area contributed by atoms with Crippen molar-refractivity contribution in [3.63, 3.8) is 0 Å². The summed E-state index contributed by atoms with van der Waals surface area (Å²) < 4.78 is 42.6. The summed E-state index contributed by atoms with van der Waals surface area (Å²) in [6.45, 7) is 6.83. The van der Waals surface area contributed by atoms with Crippen LogP contribution in [0.5, 0.6) is 0 Å². The molecule has 5 nitrogen and oxygen atoms in total. The number of Topliss-reactive ketones (excluding diaryl/α,β-unsaturated/α-hetero) is 1. The van der Waals surface area contributed by atoms with E-state index in [9.17, 15) is 18.1 Å². The molecular weight excluding hydrogens is 360 g/mol. The van der Waals surface area contributed by atoms with Crippen LogP contribution in [0.3, 0.4) is 0 Å². The van der Waals surface area contributed by atoms with E-state index in [0.29, 0.717) is 0 Å². The lowest BCUT2D eigenvalue weighted by molar-refractivity contribution is 0.0948. The van der Waals surface area contributed by atoms with E-state index in [0.717, 1.165) is 12.1 Å². The van der Waals surface area contributed by atoms with Crippen molar-refractivity contribution in [2.75, 3.05) is 0 Å². The highest BCUT2D eigenvalue weighted by molar-refractivity contribution is 7.90. The first-order valence-electron chi connectivity index (χ1n) is 7.96. The average Bonchev–Trinajstić information content (AvgIpc) is 2.54. The van der Waals surface area contributed by atoms with Gasteiger partial charge in [-0.05, 0) is 33.8 Å². The summed E-state index contributed by atoms with van der Waals surface area (Å²) in [6.07, 6.45) is 3.81. The second-order valence-electron chi connectivity index (χ2n) is 7.17. The minimum atomic E-state index is -1.59. The number of ketones is 1. The molecule has 0 fully saturated rings. The maximum absolute atomic E-state index is 14.4. The summed E-state index contributed by atoms with van der Waals surface area (Å²) in [5.74, 6) is -1.90. The predicted molar refractivity (Wildman–Crippen MR) is 95.7 cm³/mol. The molecule has 0 aliphatic heterocycles. The fourth-order valence-corrected chi connectivity index (χ4v) is 3.24. The Morgan fingerprint density at radius 2 is 1.81 bits per heavy atom. The van der Waals surface area contributed by atoms with Gasteiger partial charge in [-0.1, -0.05) is 6.07 Å². The third-order valence-electron chi connectivity index (χ3n) is 3.80. The minimum Gasteiger partial charge on any atom is -0.598 e. The van der Waals surface area contributed by atoms with Crippen LogP contribution in [-0.4, -0.2) is 25.1 Å². The fraction of sp³-hybridized carbons (Fsp3) is 0.389. The molecule has 0 aliphatic carbocycles. The van der Waals surface area contributed by atoms with Gasteiger partial charge in [-0.25, -0.2) is 18.7 Å². The van der Waals surface area contributed by atoms with Crippen molar-refractivity contribution < 1.29 is 18.1 Å².